The molecule has 1 saturated heterocycles. The van der Waals surface area contributed by atoms with Gasteiger partial charge in [0, 0.05) is 0 Å². The van der Waals surface area contributed by atoms with Crippen LogP contribution >= 0.6 is 0 Å². The summed E-state index contributed by atoms with van der Waals surface area (Å²) in [4.78, 5) is 0. The van der Waals surface area contributed by atoms with Gasteiger partial charge in [-0.25, -0.2) is 0 Å². The molecule has 0 saturated carbocycles. The van der Waals surface area contributed by atoms with Gasteiger partial charge in [-0.05, 0) is 26.2 Å². The van der Waals surface area contributed by atoms with E-state index in [0.29, 0.717) is 0 Å². The highest BCUT2D eigenvalue weighted by atomic mass is 16.5. The maximum atomic E-state index is 5.54. The van der Waals surface area contributed by atoms with Crippen molar-refractivity contribution in [1.29, 1.82) is 0 Å². The summed E-state index contributed by atoms with van der Waals surface area (Å²) in [6.45, 7) is 7.55. The van der Waals surface area contributed by atoms with Crippen LogP contribution in [0.15, 0.2) is 0 Å². The topological polar surface area (TPSA) is 9.23 Å². The SMILES string of the molecule is CC[C@@H]1COC(C)(C)C1. The fraction of sp³-hybridized carbons (Fsp3) is 1.00. The first-order valence-electron chi connectivity index (χ1n) is 3.78. The lowest BCUT2D eigenvalue weighted by molar-refractivity contribution is 0.0349. The molecule has 9 heavy (non-hydrogen) atoms. The van der Waals surface area contributed by atoms with Gasteiger partial charge in [-0.15, -0.1) is 0 Å². The Morgan fingerprint density at radius 3 is 2.44 bits per heavy atom. The molecular weight excluding hydrogens is 112 g/mol. The van der Waals surface area contributed by atoms with Crippen molar-refractivity contribution in [2.45, 2.75) is 39.2 Å². The van der Waals surface area contributed by atoms with Gasteiger partial charge in [0.1, 0.15) is 0 Å². The van der Waals surface area contributed by atoms with Crippen molar-refractivity contribution in [3.8, 4) is 0 Å². The van der Waals surface area contributed by atoms with Crippen molar-refractivity contribution in [3.63, 3.8) is 0 Å². The van der Waals surface area contributed by atoms with E-state index in [-0.39, 0.29) is 5.60 Å². The molecule has 1 nitrogen and oxygen atoms in total. The Morgan fingerprint density at radius 1 is 1.56 bits per heavy atom. The van der Waals surface area contributed by atoms with Crippen molar-refractivity contribution in [2.75, 3.05) is 6.61 Å². The fourth-order valence-corrected chi connectivity index (χ4v) is 1.42. The summed E-state index contributed by atoms with van der Waals surface area (Å²) in [7, 11) is 0. The molecule has 0 aromatic carbocycles. The molecule has 1 heterocycles. The summed E-state index contributed by atoms with van der Waals surface area (Å²) in [5.41, 5.74) is 0.167. The number of hydrogen-bond acceptors (Lipinski definition) is 1. The third-order valence-corrected chi connectivity index (χ3v) is 2.07. The first-order valence-corrected chi connectivity index (χ1v) is 3.78. The Balaban J connectivity index is 2.38. The van der Waals surface area contributed by atoms with Crippen molar-refractivity contribution >= 4 is 0 Å². The molecule has 1 fully saturated rings. The maximum absolute atomic E-state index is 5.54. The van der Waals surface area contributed by atoms with E-state index >= 15 is 0 Å². The Hall–Kier alpha value is -0.0400. The zero-order valence-electron chi connectivity index (χ0n) is 6.61. The molecule has 54 valence electrons. The molecule has 1 aliphatic heterocycles. The molecule has 0 spiro atoms. The third-order valence-electron chi connectivity index (χ3n) is 2.07. The van der Waals surface area contributed by atoms with Crippen LogP contribution in [0.3, 0.4) is 0 Å². The van der Waals surface area contributed by atoms with E-state index in [2.05, 4.69) is 20.8 Å². The maximum Gasteiger partial charge on any atom is 0.0630 e. The summed E-state index contributed by atoms with van der Waals surface area (Å²) in [6, 6.07) is 0. The minimum absolute atomic E-state index is 0.167. The average molecular weight is 128 g/mol. The second-order valence-electron chi connectivity index (χ2n) is 3.55. The van der Waals surface area contributed by atoms with Gasteiger partial charge in [0.25, 0.3) is 0 Å². The number of hydrogen-bond donors (Lipinski definition) is 0. The quantitative estimate of drug-likeness (QED) is 0.526. The largest absolute Gasteiger partial charge is 0.375 e. The van der Waals surface area contributed by atoms with Crippen LogP contribution in [0.25, 0.3) is 0 Å². The molecule has 1 aliphatic rings. The second kappa shape index (κ2) is 2.30. The molecule has 0 unspecified atom stereocenters. The fourth-order valence-electron chi connectivity index (χ4n) is 1.42. The lowest BCUT2D eigenvalue weighted by Crippen LogP contribution is -2.16. The van der Waals surface area contributed by atoms with Gasteiger partial charge < -0.3 is 4.74 Å². The Labute approximate surface area is 57.4 Å². The van der Waals surface area contributed by atoms with Crippen LogP contribution in [0.5, 0.6) is 0 Å². The van der Waals surface area contributed by atoms with Gasteiger partial charge in [-0.3, -0.25) is 0 Å². The smallest absolute Gasteiger partial charge is 0.0630 e. The zero-order chi connectivity index (χ0) is 6.91. The van der Waals surface area contributed by atoms with E-state index < -0.39 is 0 Å². The number of ether oxygens (including phenoxy) is 1. The van der Waals surface area contributed by atoms with Crippen LogP contribution < -0.4 is 0 Å². The van der Waals surface area contributed by atoms with Crippen molar-refractivity contribution < 1.29 is 4.74 Å². The predicted octanol–water partition coefficient (Wildman–Crippen LogP) is 2.21. The molecular formula is C8H16O. The standard InChI is InChI=1S/C8H16O/c1-4-7-5-8(2,3)9-6-7/h7H,4-6H2,1-3H3/t7-/m0/s1. The first-order chi connectivity index (χ1) is 4.14. The van der Waals surface area contributed by atoms with E-state index in [1.165, 1.54) is 12.8 Å². The van der Waals surface area contributed by atoms with E-state index in [9.17, 15) is 0 Å². The Bertz CT molecular complexity index is 96.7. The highest BCUT2D eigenvalue weighted by Crippen LogP contribution is 2.30. The van der Waals surface area contributed by atoms with Crippen LogP contribution in [0.1, 0.15) is 33.6 Å². The van der Waals surface area contributed by atoms with Gasteiger partial charge in [-0.2, -0.15) is 0 Å². The van der Waals surface area contributed by atoms with Gasteiger partial charge >= 0.3 is 0 Å². The molecule has 1 heteroatoms. The van der Waals surface area contributed by atoms with E-state index in [0.717, 1.165) is 12.5 Å². The number of rotatable bonds is 1. The summed E-state index contributed by atoms with van der Waals surface area (Å²) in [6.07, 6.45) is 2.51. The Kier molecular flexibility index (Phi) is 1.80. The van der Waals surface area contributed by atoms with Crippen molar-refractivity contribution in [2.24, 2.45) is 5.92 Å². The second-order valence-corrected chi connectivity index (χ2v) is 3.55. The van der Waals surface area contributed by atoms with Gasteiger partial charge in [0.05, 0.1) is 12.2 Å². The minimum atomic E-state index is 0.167. The van der Waals surface area contributed by atoms with Crippen molar-refractivity contribution in [3.05, 3.63) is 0 Å². The summed E-state index contributed by atoms with van der Waals surface area (Å²) in [5.74, 6) is 0.819. The molecule has 0 aromatic heterocycles. The highest BCUT2D eigenvalue weighted by Gasteiger charge is 2.30. The molecule has 0 aromatic rings. The van der Waals surface area contributed by atoms with Crippen LogP contribution in [0.2, 0.25) is 0 Å². The van der Waals surface area contributed by atoms with E-state index in [1.54, 1.807) is 0 Å². The Morgan fingerprint density at radius 2 is 2.22 bits per heavy atom. The summed E-state index contributed by atoms with van der Waals surface area (Å²) in [5, 5.41) is 0. The third kappa shape index (κ3) is 1.68. The minimum Gasteiger partial charge on any atom is -0.375 e. The summed E-state index contributed by atoms with van der Waals surface area (Å²) >= 11 is 0. The van der Waals surface area contributed by atoms with E-state index in [4.69, 9.17) is 4.74 Å². The molecule has 0 N–H and O–H groups in total. The molecule has 1 atom stereocenters. The lowest BCUT2D eigenvalue weighted by Gasteiger charge is -2.15. The van der Waals surface area contributed by atoms with Crippen molar-refractivity contribution in [1.82, 2.24) is 0 Å². The lowest BCUT2D eigenvalue weighted by atomic mass is 9.96. The molecule has 0 bridgehead atoms. The van der Waals surface area contributed by atoms with Gasteiger partial charge in [-0.1, -0.05) is 13.3 Å². The van der Waals surface area contributed by atoms with Crippen LogP contribution in [0, 0.1) is 5.92 Å². The zero-order valence-corrected chi connectivity index (χ0v) is 6.61. The molecule has 1 rings (SSSR count). The highest BCUT2D eigenvalue weighted by molar-refractivity contribution is 4.79. The predicted molar refractivity (Wildman–Crippen MR) is 38.4 cm³/mol. The van der Waals surface area contributed by atoms with E-state index in [1.807, 2.05) is 0 Å². The van der Waals surface area contributed by atoms with Crippen LogP contribution in [-0.4, -0.2) is 12.2 Å². The van der Waals surface area contributed by atoms with Crippen LogP contribution in [0.4, 0.5) is 0 Å². The molecule has 0 amide bonds. The molecule has 0 aliphatic carbocycles. The monoisotopic (exact) mass is 128 g/mol. The average Bonchev–Trinajstić information content (AvgIpc) is 2.10. The van der Waals surface area contributed by atoms with Gasteiger partial charge in [0.15, 0.2) is 0 Å². The first kappa shape index (κ1) is 7.07. The summed E-state index contributed by atoms with van der Waals surface area (Å²) < 4.78 is 5.54. The molecule has 0 radical (unpaired) electrons. The normalized spacial score (nSPS) is 33.0. The van der Waals surface area contributed by atoms with Gasteiger partial charge in [0.2, 0.25) is 0 Å². The van der Waals surface area contributed by atoms with Crippen LogP contribution in [-0.2, 0) is 4.74 Å².